The highest BCUT2D eigenvalue weighted by Crippen LogP contribution is 2.25. The number of rotatable bonds is 3. The van der Waals surface area contributed by atoms with Crippen molar-refractivity contribution in [2.75, 3.05) is 62.3 Å². The first-order valence-electron chi connectivity index (χ1n) is 10.4. The maximum absolute atomic E-state index is 12.7. The van der Waals surface area contributed by atoms with Crippen LogP contribution in [0.2, 0.25) is 0 Å². The zero-order chi connectivity index (χ0) is 18.6. The zero-order valence-electron chi connectivity index (χ0n) is 16.3. The van der Waals surface area contributed by atoms with Crippen LogP contribution in [0.15, 0.2) is 12.1 Å². The SMILES string of the molecule is CC1CCN(c2ccc(N3CCC(C(=O)N4CCOCC4)CC3)nn2)CC1. The van der Waals surface area contributed by atoms with Gasteiger partial charge in [-0.25, -0.2) is 0 Å². The number of amides is 1. The molecule has 0 atom stereocenters. The minimum Gasteiger partial charge on any atom is -0.378 e. The molecule has 1 amide bonds. The number of ether oxygens (including phenoxy) is 1. The van der Waals surface area contributed by atoms with Gasteiger partial charge in [0.1, 0.15) is 0 Å². The van der Waals surface area contributed by atoms with Crippen LogP contribution in [-0.4, -0.2) is 73.5 Å². The molecule has 1 aromatic rings. The van der Waals surface area contributed by atoms with Gasteiger partial charge in [-0.3, -0.25) is 4.79 Å². The van der Waals surface area contributed by atoms with Crippen molar-refractivity contribution in [2.24, 2.45) is 11.8 Å². The summed E-state index contributed by atoms with van der Waals surface area (Å²) >= 11 is 0. The Labute approximate surface area is 161 Å². The number of carbonyl (C=O) groups excluding carboxylic acids is 1. The molecule has 3 saturated heterocycles. The average molecular weight is 374 g/mol. The number of anilines is 2. The monoisotopic (exact) mass is 373 g/mol. The lowest BCUT2D eigenvalue weighted by molar-refractivity contribution is -0.140. The molecule has 7 heteroatoms. The molecule has 148 valence electrons. The van der Waals surface area contributed by atoms with Crippen molar-refractivity contribution in [2.45, 2.75) is 32.6 Å². The fraction of sp³-hybridized carbons (Fsp3) is 0.750. The third-order valence-electron chi connectivity index (χ3n) is 6.23. The second-order valence-electron chi connectivity index (χ2n) is 8.12. The number of carbonyl (C=O) groups is 1. The molecule has 3 aliphatic rings. The quantitative estimate of drug-likeness (QED) is 0.805. The smallest absolute Gasteiger partial charge is 0.225 e. The minimum atomic E-state index is 0.141. The van der Waals surface area contributed by atoms with Crippen LogP contribution < -0.4 is 9.80 Å². The van der Waals surface area contributed by atoms with E-state index >= 15 is 0 Å². The molecular weight excluding hydrogens is 342 g/mol. The Balaban J connectivity index is 1.29. The van der Waals surface area contributed by atoms with Crippen LogP contribution in [0.4, 0.5) is 11.6 Å². The number of hydrogen-bond donors (Lipinski definition) is 0. The molecule has 0 aromatic carbocycles. The first-order chi connectivity index (χ1) is 13.2. The first kappa shape index (κ1) is 18.5. The Morgan fingerprint density at radius 3 is 1.93 bits per heavy atom. The van der Waals surface area contributed by atoms with Crippen LogP contribution in [0, 0.1) is 11.8 Å². The average Bonchev–Trinajstić information content (AvgIpc) is 2.75. The summed E-state index contributed by atoms with van der Waals surface area (Å²) in [6.45, 7) is 9.02. The van der Waals surface area contributed by atoms with Gasteiger partial charge in [0.05, 0.1) is 13.2 Å². The molecule has 0 radical (unpaired) electrons. The second kappa shape index (κ2) is 8.42. The Morgan fingerprint density at radius 1 is 0.889 bits per heavy atom. The van der Waals surface area contributed by atoms with E-state index in [1.807, 2.05) is 4.90 Å². The van der Waals surface area contributed by atoms with E-state index in [-0.39, 0.29) is 5.92 Å². The number of aromatic nitrogens is 2. The Kier molecular flexibility index (Phi) is 5.76. The molecule has 0 saturated carbocycles. The molecule has 3 fully saturated rings. The molecular formula is C20H31N5O2. The fourth-order valence-corrected chi connectivity index (χ4v) is 4.29. The third kappa shape index (κ3) is 4.34. The van der Waals surface area contributed by atoms with Crippen molar-refractivity contribution in [3.63, 3.8) is 0 Å². The largest absolute Gasteiger partial charge is 0.378 e. The molecule has 4 rings (SSSR count). The van der Waals surface area contributed by atoms with Crippen molar-refractivity contribution in [3.8, 4) is 0 Å². The van der Waals surface area contributed by atoms with E-state index in [2.05, 4.69) is 39.1 Å². The second-order valence-corrected chi connectivity index (χ2v) is 8.12. The highest BCUT2D eigenvalue weighted by atomic mass is 16.5. The van der Waals surface area contributed by atoms with Crippen LogP contribution in [0.1, 0.15) is 32.6 Å². The van der Waals surface area contributed by atoms with Gasteiger partial charge >= 0.3 is 0 Å². The topological polar surface area (TPSA) is 61.8 Å². The zero-order valence-corrected chi connectivity index (χ0v) is 16.3. The van der Waals surface area contributed by atoms with Gasteiger partial charge in [0.25, 0.3) is 0 Å². The maximum Gasteiger partial charge on any atom is 0.225 e. The van der Waals surface area contributed by atoms with Crippen LogP contribution in [0.25, 0.3) is 0 Å². The summed E-state index contributed by atoms with van der Waals surface area (Å²) in [4.78, 5) is 19.2. The highest BCUT2D eigenvalue weighted by Gasteiger charge is 2.30. The lowest BCUT2D eigenvalue weighted by Gasteiger charge is -2.36. The van der Waals surface area contributed by atoms with Crippen LogP contribution in [-0.2, 0) is 9.53 Å². The van der Waals surface area contributed by atoms with E-state index in [0.29, 0.717) is 19.1 Å². The summed E-state index contributed by atoms with van der Waals surface area (Å²) in [5.74, 6) is 3.18. The molecule has 4 heterocycles. The van der Waals surface area contributed by atoms with E-state index in [0.717, 1.165) is 69.7 Å². The van der Waals surface area contributed by atoms with Crippen molar-refractivity contribution < 1.29 is 9.53 Å². The molecule has 1 aromatic heterocycles. The summed E-state index contributed by atoms with van der Waals surface area (Å²) in [5.41, 5.74) is 0. The maximum atomic E-state index is 12.7. The standard InChI is InChI=1S/C20H31N5O2/c1-16-4-8-23(9-5-16)18-2-3-19(22-21-18)24-10-6-17(7-11-24)20(26)25-12-14-27-15-13-25/h2-3,16-17H,4-15H2,1H3. The number of piperidine rings is 2. The lowest BCUT2D eigenvalue weighted by atomic mass is 9.95. The first-order valence-corrected chi connectivity index (χ1v) is 10.4. The molecule has 0 unspecified atom stereocenters. The van der Waals surface area contributed by atoms with E-state index < -0.39 is 0 Å². The van der Waals surface area contributed by atoms with Gasteiger partial charge < -0.3 is 19.4 Å². The molecule has 7 nitrogen and oxygen atoms in total. The predicted molar refractivity (Wildman–Crippen MR) is 105 cm³/mol. The van der Waals surface area contributed by atoms with Gasteiger partial charge in [-0.2, -0.15) is 0 Å². The van der Waals surface area contributed by atoms with Crippen LogP contribution in [0.3, 0.4) is 0 Å². The molecule has 0 aliphatic carbocycles. The summed E-state index contributed by atoms with van der Waals surface area (Å²) in [6.07, 6.45) is 4.25. The summed E-state index contributed by atoms with van der Waals surface area (Å²) in [6, 6.07) is 4.19. The summed E-state index contributed by atoms with van der Waals surface area (Å²) in [5, 5.41) is 8.95. The van der Waals surface area contributed by atoms with Gasteiger partial charge in [0, 0.05) is 45.2 Å². The Bertz CT molecular complexity index is 616. The van der Waals surface area contributed by atoms with E-state index in [1.54, 1.807) is 0 Å². The van der Waals surface area contributed by atoms with E-state index in [1.165, 1.54) is 12.8 Å². The van der Waals surface area contributed by atoms with Crippen molar-refractivity contribution in [1.82, 2.24) is 15.1 Å². The molecule has 27 heavy (non-hydrogen) atoms. The van der Waals surface area contributed by atoms with E-state index in [9.17, 15) is 4.79 Å². The Morgan fingerprint density at radius 2 is 1.41 bits per heavy atom. The van der Waals surface area contributed by atoms with E-state index in [4.69, 9.17) is 4.74 Å². The van der Waals surface area contributed by atoms with Crippen molar-refractivity contribution >= 4 is 17.5 Å². The van der Waals surface area contributed by atoms with Crippen LogP contribution >= 0.6 is 0 Å². The van der Waals surface area contributed by atoms with Crippen LogP contribution in [0.5, 0.6) is 0 Å². The third-order valence-corrected chi connectivity index (χ3v) is 6.23. The summed E-state index contributed by atoms with van der Waals surface area (Å²) < 4.78 is 5.35. The highest BCUT2D eigenvalue weighted by molar-refractivity contribution is 5.79. The van der Waals surface area contributed by atoms with Gasteiger partial charge in [-0.05, 0) is 43.7 Å². The number of hydrogen-bond acceptors (Lipinski definition) is 6. The number of morpholine rings is 1. The lowest BCUT2D eigenvalue weighted by Crippen LogP contribution is -2.47. The molecule has 0 N–H and O–H groups in total. The Hall–Kier alpha value is -1.89. The fourth-order valence-electron chi connectivity index (χ4n) is 4.29. The predicted octanol–water partition coefficient (Wildman–Crippen LogP) is 1.79. The van der Waals surface area contributed by atoms with Gasteiger partial charge in [-0.1, -0.05) is 6.92 Å². The number of nitrogens with zero attached hydrogens (tertiary/aromatic N) is 5. The van der Waals surface area contributed by atoms with Gasteiger partial charge in [0.2, 0.25) is 5.91 Å². The van der Waals surface area contributed by atoms with Crippen molar-refractivity contribution in [1.29, 1.82) is 0 Å². The molecule has 0 spiro atoms. The van der Waals surface area contributed by atoms with Crippen molar-refractivity contribution in [3.05, 3.63) is 12.1 Å². The molecule has 0 bridgehead atoms. The van der Waals surface area contributed by atoms with Gasteiger partial charge in [0.15, 0.2) is 11.6 Å². The normalized spacial score (nSPS) is 22.9. The minimum absolute atomic E-state index is 0.141. The van der Waals surface area contributed by atoms with Gasteiger partial charge in [-0.15, -0.1) is 10.2 Å². The molecule has 3 aliphatic heterocycles. The summed E-state index contributed by atoms with van der Waals surface area (Å²) in [7, 11) is 0.